The van der Waals surface area contributed by atoms with E-state index in [1.165, 1.54) is 20.3 Å². The molecule has 27 heavy (non-hydrogen) atoms. The van der Waals surface area contributed by atoms with Crippen LogP contribution in [0.1, 0.15) is 10.4 Å². The number of anilines is 3. The summed E-state index contributed by atoms with van der Waals surface area (Å²) in [6.07, 6.45) is 0. The molecule has 0 aliphatic rings. The highest BCUT2D eigenvalue weighted by Crippen LogP contribution is 2.29. The SMILES string of the molecule is COc1cccc(OC)c1C(=O)Nc1ccc(Nc2ccccc2F)cc1. The van der Waals surface area contributed by atoms with Gasteiger partial charge in [-0.25, -0.2) is 4.39 Å². The number of ether oxygens (including phenoxy) is 2. The van der Waals surface area contributed by atoms with E-state index in [-0.39, 0.29) is 11.7 Å². The average molecular weight is 366 g/mol. The second-order valence-corrected chi connectivity index (χ2v) is 5.67. The van der Waals surface area contributed by atoms with E-state index in [0.29, 0.717) is 34.1 Å². The summed E-state index contributed by atoms with van der Waals surface area (Å²) in [5.74, 6) is 0.159. The maximum Gasteiger partial charge on any atom is 0.263 e. The van der Waals surface area contributed by atoms with Crippen LogP contribution >= 0.6 is 0 Å². The fraction of sp³-hybridized carbons (Fsp3) is 0.0952. The van der Waals surface area contributed by atoms with Gasteiger partial charge in [-0.15, -0.1) is 0 Å². The van der Waals surface area contributed by atoms with Crippen molar-refractivity contribution < 1.29 is 18.7 Å². The van der Waals surface area contributed by atoms with Crippen LogP contribution in [-0.2, 0) is 0 Å². The molecule has 0 saturated heterocycles. The number of para-hydroxylation sites is 1. The minimum atomic E-state index is -0.348. The first-order chi connectivity index (χ1) is 13.1. The van der Waals surface area contributed by atoms with E-state index in [9.17, 15) is 9.18 Å². The largest absolute Gasteiger partial charge is 0.496 e. The van der Waals surface area contributed by atoms with Crippen molar-refractivity contribution in [1.29, 1.82) is 0 Å². The van der Waals surface area contributed by atoms with Crippen molar-refractivity contribution >= 4 is 23.0 Å². The zero-order valence-electron chi connectivity index (χ0n) is 15.0. The Labute approximate surface area is 156 Å². The van der Waals surface area contributed by atoms with Crippen molar-refractivity contribution in [2.24, 2.45) is 0 Å². The fourth-order valence-corrected chi connectivity index (χ4v) is 2.62. The molecule has 3 rings (SSSR count). The number of carbonyl (C=O) groups is 1. The lowest BCUT2D eigenvalue weighted by Crippen LogP contribution is -2.14. The van der Waals surface area contributed by atoms with Gasteiger partial charge >= 0.3 is 0 Å². The van der Waals surface area contributed by atoms with Crippen molar-refractivity contribution in [1.82, 2.24) is 0 Å². The van der Waals surface area contributed by atoms with E-state index in [4.69, 9.17) is 9.47 Å². The van der Waals surface area contributed by atoms with Gasteiger partial charge in [-0.2, -0.15) is 0 Å². The Morgan fingerprint density at radius 3 is 2.00 bits per heavy atom. The van der Waals surface area contributed by atoms with Gasteiger partial charge in [-0.1, -0.05) is 18.2 Å². The number of benzene rings is 3. The molecule has 0 heterocycles. The van der Waals surface area contributed by atoms with Gasteiger partial charge in [-0.05, 0) is 48.5 Å². The first kappa shape index (κ1) is 18.3. The summed E-state index contributed by atoms with van der Waals surface area (Å²) in [5.41, 5.74) is 1.99. The fourth-order valence-electron chi connectivity index (χ4n) is 2.62. The minimum absolute atomic E-state index is 0.316. The molecule has 0 radical (unpaired) electrons. The van der Waals surface area contributed by atoms with Crippen molar-refractivity contribution in [2.45, 2.75) is 0 Å². The monoisotopic (exact) mass is 366 g/mol. The summed E-state index contributed by atoms with van der Waals surface area (Å²) >= 11 is 0. The van der Waals surface area contributed by atoms with Crippen molar-refractivity contribution in [2.75, 3.05) is 24.9 Å². The molecule has 0 fully saturated rings. The molecule has 5 nitrogen and oxygen atoms in total. The molecule has 0 atom stereocenters. The lowest BCUT2D eigenvalue weighted by molar-refractivity contribution is 0.102. The van der Waals surface area contributed by atoms with Crippen LogP contribution in [0.15, 0.2) is 66.7 Å². The Bertz CT molecular complexity index is 920. The molecule has 0 spiro atoms. The van der Waals surface area contributed by atoms with E-state index in [2.05, 4.69) is 10.6 Å². The highest BCUT2D eigenvalue weighted by atomic mass is 19.1. The van der Waals surface area contributed by atoms with Crippen LogP contribution in [0.5, 0.6) is 11.5 Å². The Hall–Kier alpha value is -3.54. The Morgan fingerprint density at radius 1 is 0.815 bits per heavy atom. The van der Waals surface area contributed by atoms with Gasteiger partial charge in [0, 0.05) is 11.4 Å². The van der Waals surface area contributed by atoms with Crippen LogP contribution < -0.4 is 20.1 Å². The second-order valence-electron chi connectivity index (χ2n) is 5.67. The van der Waals surface area contributed by atoms with E-state index in [1.807, 2.05) is 0 Å². The van der Waals surface area contributed by atoms with Gasteiger partial charge in [-0.3, -0.25) is 4.79 Å². The standard InChI is InChI=1S/C21H19FN2O3/c1-26-18-8-5-9-19(27-2)20(18)21(25)24-15-12-10-14(11-13-15)23-17-7-4-3-6-16(17)22/h3-13,23H,1-2H3,(H,24,25). The number of amides is 1. The molecule has 2 N–H and O–H groups in total. The second kappa shape index (κ2) is 8.23. The number of methoxy groups -OCH3 is 2. The van der Waals surface area contributed by atoms with E-state index >= 15 is 0 Å². The molecule has 1 amide bonds. The lowest BCUT2D eigenvalue weighted by Gasteiger charge is -2.13. The molecule has 6 heteroatoms. The third-order valence-corrected chi connectivity index (χ3v) is 3.95. The number of hydrogen-bond donors (Lipinski definition) is 2. The van der Waals surface area contributed by atoms with E-state index in [0.717, 1.165) is 0 Å². The molecule has 3 aromatic rings. The summed E-state index contributed by atoms with van der Waals surface area (Å²) in [5, 5.41) is 5.80. The van der Waals surface area contributed by atoms with Crippen molar-refractivity contribution in [3.8, 4) is 11.5 Å². The molecular weight excluding hydrogens is 347 g/mol. The van der Waals surface area contributed by atoms with Gasteiger partial charge in [0.25, 0.3) is 5.91 Å². The van der Waals surface area contributed by atoms with Crippen LogP contribution in [0.3, 0.4) is 0 Å². The Balaban J connectivity index is 1.75. The molecule has 0 aromatic heterocycles. The predicted molar refractivity (Wildman–Crippen MR) is 104 cm³/mol. The van der Waals surface area contributed by atoms with E-state index in [1.54, 1.807) is 60.7 Å². The highest BCUT2D eigenvalue weighted by molar-refractivity contribution is 6.08. The van der Waals surface area contributed by atoms with Crippen molar-refractivity contribution in [3.05, 3.63) is 78.1 Å². The summed E-state index contributed by atoms with van der Waals surface area (Å²) < 4.78 is 24.2. The summed E-state index contributed by atoms with van der Waals surface area (Å²) in [6.45, 7) is 0. The third-order valence-electron chi connectivity index (χ3n) is 3.95. The molecule has 0 aliphatic carbocycles. The Kier molecular flexibility index (Phi) is 5.56. The van der Waals surface area contributed by atoms with E-state index < -0.39 is 0 Å². The number of nitrogens with one attached hydrogen (secondary N) is 2. The first-order valence-corrected chi connectivity index (χ1v) is 8.26. The van der Waals surface area contributed by atoms with Gasteiger partial charge in [0.1, 0.15) is 22.9 Å². The smallest absolute Gasteiger partial charge is 0.263 e. The molecule has 0 aliphatic heterocycles. The molecule has 0 unspecified atom stereocenters. The zero-order valence-corrected chi connectivity index (χ0v) is 15.0. The lowest BCUT2D eigenvalue weighted by atomic mass is 10.1. The van der Waals surface area contributed by atoms with Gasteiger partial charge < -0.3 is 20.1 Å². The summed E-state index contributed by atoms with van der Waals surface area (Å²) in [7, 11) is 2.99. The molecule has 0 saturated carbocycles. The van der Waals surface area contributed by atoms with Gasteiger partial charge in [0.2, 0.25) is 0 Å². The molecular formula is C21H19FN2O3. The number of carbonyl (C=O) groups excluding carboxylic acids is 1. The molecule has 0 bridgehead atoms. The molecule has 138 valence electrons. The number of halogens is 1. The van der Waals surface area contributed by atoms with Crippen LogP contribution in [-0.4, -0.2) is 20.1 Å². The predicted octanol–water partition coefficient (Wildman–Crippen LogP) is 4.84. The van der Waals surface area contributed by atoms with Crippen LogP contribution in [0.4, 0.5) is 21.5 Å². The quantitative estimate of drug-likeness (QED) is 0.655. The Morgan fingerprint density at radius 2 is 1.41 bits per heavy atom. The summed E-state index contributed by atoms with van der Waals surface area (Å²) in [4.78, 5) is 12.7. The highest BCUT2D eigenvalue weighted by Gasteiger charge is 2.18. The van der Waals surface area contributed by atoms with Crippen LogP contribution in [0.25, 0.3) is 0 Å². The molecule has 3 aromatic carbocycles. The number of hydrogen-bond acceptors (Lipinski definition) is 4. The first-order valence-electron chi connectivity index (χ1n) is 8.26. The van der Waals surface area contributed by atoms with Crippen LogP contribution in [0.2, 0.25) is 0 Å². The number of rotatable bonds is 6. The van der Waals surface area contributed by atoms with Gasteiger partial charge in [0.15, 0.2) is 0 Å². The topological polar surface area (TPSA) is 59.6 Å². The normalized spacial score (nSPS) is 10.2. The average Bonchev–Trinajstić information content (AvgIpc) is 2.70. The third kappa shape index (κ3) is 4.17. The summed E-state index contributed by atoms with van der Waals surface area (Å²) in [6, 6.07) is 18.5. The van der Waals surface area contributed by atoms with Crippen molar-refractivity contribution in [3.63, 3.8) is 0 Å². The zero-order chi connectivity index (χ0) is 19.2. The maximum atomic E-state index is 13.7. The maximum absolute atomic E-state index is 13.7. The van der Waals surface area contributed by atoms with Gasteiger partial charge in [0.05, 0.1) is 19.9 Å². The van der Waals surface area contributed by atoms with Crippen LogP contribution in [0, 0.1) is 5.82 Å². The minimum Gasteiger partial charge on any atom is -0.496 e.